The maximum Gasteiger partial charge on any atom is -0.0440 e. The third-order valence-electron chi connectivity index (χ3n) is 2.64. The highest BCUT2D eigenvalue weighted by Gasteiger charge is 2.06. The molecular formula is C12H26. The molecule has 0 fully saturated rings. The van der Waals surface area contributed by atoms with E-state index in [1.54, 1.807) is 0 Å². The van der Waals surface area contributed by atoms with Crippen LogP contribution < -0.4 is 0 Å². The van der Waals surface area contributed by atoms with Gasteiger partial charge in [-0.25, -0.2) is 0 Å². The summed E-state index contributed by atoms with van der Waals surface area (Å²) >= 11 is 0. The first-order valence-electron chi connectivity index (χ1n) is 5.70. The molecule has 0 bridgehead atoms. The van der Waals surface area contributed by atoms with Gasteiger partial charge in [0.2, 0.25) is 0 Å². The van der Waals surface area contributed by atoms with E-state index < -0.39 is 0 Å². The average Bonchev–Trinajstić information content (AvgIpc) is 2.01. The number of rotatable bonds is 7. The Morgan fingerprint density at radius 2 is 1.42 bits per heavy atom. The van der Waals surface area contributed by atoms with Gasteiger partial charge in [0.05, 0.1) is 0 Å². The zero-order valence-electron chi connectivity index (χ0n) is 9.40. The molecule has 0 radical (unpaired) electrons. The molecule has 0 spiro atoms. The fourth-order valence-corrected chi connectivity index (χ4v) is 1.97. The molecule has 2 atom stereocenters. The first-order chi connectivity index (χ1) is 5.70. The molecule has 0 saturated carbocycles. The quantitative estimate of drug-likeness (QED) is 0.522. The van der Waals surface area contributed by atoms with E-state index in [9.17, 15) is 0 Å². The molecule has 0 heteroatoms. The molecule has 0 aromatic heterocycles. The molecule has 0 unspecified atom stereocenters. The van der Waals surface area contributed by atoms with Crippen LogP contribution in [0, 0.1) is 11.8 Å². The summed E-state index contributed by atoms with van der Waals surface area (Å²) < 4.78 is 0. The standard InChI is InChI=1S/C12H26/c1-5-7-9-12(4)10-11(3)8-6-2/h11-12H,5-10H2,1-4H3/t11-,12+/m1/s1. The SMILES string of the molecule is CCCC[C@H](C)C[C@H](C)CCC. The molecular weight excluding hydrogens is 144 g/mol. The second-order valence-electron chi connectivity index (χ2n) is 4.38. The molecule has 0 nitrogen and oxygen atoms in total. The Kier molecular flexibility index (Phi) is 7.64. The summed E-state index contributed by atoms with van der Waals surface area (Å²) in [6.07, 6.45) is 8.41. The summed E-state index contributed by atoms with van der Waals surface area (Å²) in [5.74, 6) is 1.90. The van der Waals surface area contributed by atoms with Crippen molar-refractivity contribution in [1.82, 2.24) is 0 Å². The summed E-state index contributed by atoms with van der Waals surface area (Å²) in [5, 5.41) is 0. The van der Waals surface area contributed by atoms with Crippen LogP contribution in [0.2, 0.25) is 0 Å². The fourth-order valence-electron chi connectivity index (χ4n) is 1.97. The van der Waals surface area contributed by atoms with E-state index in [1.165, 1.54) is 38.5 Å². The van der Waals surface area contributed by atoms with Crippen molar-refractivity contribution < 1.29 is 0 Å². The van der Waals surface area contributed by atoms with E-state index in [4.69, 9.17) is 0 Å². The summed E-state index contributed by atoms with van der Waals surface area (Å²) in [4.78, 5) is 0. The van der Waals surface area contributed by atoms with E-state index in [0.29, 0.717) is 0 Å². The third-order valence-corrected chi connectivity index (χ3v) is 2.64. The molecule has 0 aliphatic carbocycles. The van der Waals surface area contributed by atoms with Crippen molar-refractivity contribution in [3.05, 3.63) is 0 Å². The molecule has 0 aliphatic rings. The van der Waals surface area contributed by atoms with Crippen LogP contribution in [-0.4, -0.2) is 0 Å². The highest BCUT2D eigenvalue weighted by atomic mass is 14.1. The van der Waals surface area contributed by atoms with Crippen molar-refractivity contribution in [3.8, 4) is 0 Å². The highest BCUT2D eigenvalue weighted by molar-refractivity contribution is 4.59. The second-order valence-corrected chi connectivity index (χ2v) is 4.38. The minimum absolute atomic E-state index is 0.946. The summed E-state index contributed by atoms with van der Waals surface area (Å²) in [6, 6.07) is 0. The lowest BCUT2D eigenvalue weighted by Gasteiger charge is -2.15. The van der Waals surface area contributed by atoms with Crippen molar-refractivity contribution in [2.24, 2.45) is 11.8 Å². The molecule has 0 saturated heterocycles. The molecule has 74 valence electrons. The van der Waals surface area contributed by atoms with Gasteiger partial charge in [0.25, 0.3) is 0 Å². The van der Waals surface area contributed by atoms with Gasteiger partial charge in [0.1, 0.15) is 0 Å². The number of hydrogen-bond acceptors (Lipinski definition) is 0. The van der Waals surface area contributed by atoms with E-state index in [2.05, 4.69) is 27.7 Å². The van der Waals surface area contributed by atoms with Gasteiger partial charge < -0.3 is 0 Å². The first-order valence-corrected chi connectivity index (χ1v) is 5.70. The Hall–Kier alpha value is 0. The Morgan fingerprint density at radius 1 is 0.833 bits per heavy atom. The van der Waals surface area contributed by atoms with Gasteiger partial charge in [-0.15, -0.1) is 0 Å². The summed E-state index contributed by atoms with van der Waals surface area (Å²) in [7, 11) is 0. The molecule has 0 rings (SSSR count). The minimum Gasteiger partial charge on any atom is -0.0654 e. The monoisotopic (exact) mass is 170 g/mol. The number of hydrogen-bond donors (Lipinski definition) is 0. The average molecular weight is 170 g/mol. The predicted molar refractivity (Wildman–Crippen MR) is 57.4 cm³/mol. The predicted octanol–water partition coefficient (Wildman–Crippen LogP) is 4.64. The van der Waals surface area contributed by atoms with Crippen LogP contribution in [0.4, 0.5) is 0 Å². The van der Waals surface area contributed by atoms with Crippen molar-refractivity contribution in [1.29, 1.82) is 0 Å². The number of unbranched alkanes of at least 4 members (excludes halogenated alkanes) is 1. The topological polar surface area (TPSA) is 0 Å². The van der Waals surface area contributed by atoms with Crippen LogP contribution in [0.1, 0.15) is 66.2 Å². The van der Waals surface area contributed by atoms with Crippen molar-refractivity contribution >= 4 is 0 Å². The maximum atomic E-state index is 2.40. The molecule has 0 aromatic carbocycles. The zero-order valence-corrected chi connectivity index (χ0v) is 9.40. The summed E-state index contributed by atoms with van der Waals surface area (Å²) in [6.45, 7) is 9.36. The lowest BCUT2D eigenvalue weighted by molar-refractivity contribution is 0.368. The van der Waals surface area contributed by atoms with Gasteiger partial charge in [-0.3, -0.25) is 0 Å². The first kappa shape index (κ1) is 12.0. The van der Waals surface area contributed by atoms with Gasteiger partial charge in [-0.2, -0.15) is 0 Å². The van der Waals surface area contributed by atoms with Gasteiger partial charge in [0.15, 0.2) is 0 Å². The molecule has 0 amide bonds. The Morgan fingerprint density at radius 3 is 1.92 bits per heavy atom. The lowest BCUT2D eigenvalue weighted by Crippen LogP contribution is -2.02. The Labute approximate surface area is 78.8 Å². The normalized spacial score (nSPS) is 16.0. The third kappa shape index (κ3) is 6.69. The minimum atomic E-state index is 0.946. The van der Waals surface area contributed by atoms with Crippen LogP contribution in [0.25, 0.3) is 0 Å². The maximum absolute atomic E-state index is 2.40. The smallest absolute Gasteiger partial charge is 0.0440 e. The molecule has 0 aromatic rings. The Bertz CT molecular complexity index is 86.0. The lowest BCUT2D eigenvalue weighted by atomic mass is 9.91. The van der Waals surface area contributed by atoms with Crippen LogP contribution in [0.15, 0.2) is 0 Å². The molecule has 0 N–H and O–H groups in total. The highest BCUT2D eigenvalue weighted by Crippen LogP contribution is 2.20. The second kappa shape index (κ2) is 7.64. The van der Waals surface area contributed by atoms with Gasteiger partial charge in [-0.1, -0.05) is 59.8 Å². The van der Waals surface area contributed by atoms with Gasteiger partial charge in [-0.05, 0) is 18.3 Å². The summed E-state index contributed by atoms with van der Waals surface area (Å²) in [5.41, 5.74) is 0. The fraction of sp³-hybridized carbons (Fsp3) is 1.00. The largest absolute Gasteiger partial charge is 0.0654 e. The van der Waals surface area contributed by atoms with Crippen LogP contribution in [0.3, 0.4) is 0 Å². The van der Waals surface area contributed by atoms with Crippen LogP contribution >= 0.6 is 0 Å². The van der Waals surface area contributed by atoms with Crippen molar-refractivity contribution in [2.75, 3.05) is 0 Å². The van der Waals surface area contributed by atoms with Crippen LogP contribution in [0.5, 0.6) is 0 Å². The van der Waals surface area contributed by atoms with E-state index in [0.717, 1.165) is 11.8 Å². The zero-order chi connectivity index (χ0) is 9.40. The van der Waals surface area contributed by atoms with Crippen molar-refractivity contribution in [3.63, 3.8) is 0 Å². The van der Waals surface area contributed by atoms with E-state index >= 15 is 0 Å². The molecule has 0 aliphatic heterocycles. The van der Waals surface area contributed by atoms with Gasteiger partial charge in [0, 0.05) is 0 Å². The molecule has 0 heterocycles. The molecule has 12 heavy (non-hydrogen) atoms. The van der Waals surface area contributed by atoms with Crippen molar-refractivity contribution in [2.45, 2.75) is 66.2 Å². The van der Waals surface area contributed by atoms with E-state index in [-0.39, 0.29) is 0 Å². The van der Waals surface area contributed by atoms with Gasteiger partial charge >= 0.3 is 0 Å². The van der Waals surface area contributed by atoms with Crippen LogP contribution in [-0.2, 0) is 0 Å². The Balaban J connectivity index is 3.33. The van der Waals surface area contributed by atoms with E-state index in [1.807, 2.05) is 0 Å².